The van der Waals surface area contributed by atoms with E-state index in [1.54, 1.807) is 12.1 Å². The molecule has 0 saturated carbocycles. The highest BCUT2D eigenvalue weighted by Crippen LogP contribution is 2.28. The van der Waals surface area contributed by atoms with Crippen LogP contribution in [0.3, 0.4) is 0 Å². The number of carbonyl (C=O) groups excluding carboxylic acids is 1. The van der Waals surface area contributed by atoms with Gasteiger partial charge in [0.1, 0.15) is 5.52 Å². The van der Waals surface area contributed by atoms with Crippen molar-refractivity contribution in [3.05, 3.63) is 23.2 Å². The van der Waals surface area contributed by atoms with E-state index in [9.17, 15) is 4.79 Å². The van der Waals surface area contributed by atoms with Crippen LogP contribution in [0.25, 0.3) is 11.1 Å². The van der Waals surface area contributed by atoms with E-state index in [4.69, 9.17) is 20.8 Å². The molecule has 2 aromatic rings. The highest BCUT2D eigenvalue weighted by atomic mass is 35.5. The molecule has 2 heterocycles. The van der Waals surface area contributed by atoms with E-state index >= 15 is 0 Å². The van der Waals surface area contributed by atoms with E-state index in [2.05, 4.69) is 10.3 Å². The van der Waals surface area contributed by atoms with Gasteiger partial charge in [-0.1, -0.05) is 11.6 Å². The fourth-order valence-corrected chi connectivity index (χ4v) is 3.38. The van der Waals surface area contributed by atoms with Gasteiger partial charge in [0.2, 0.25) is 5.91 Å². The van der Waals surface area contributed by atoms with Crippen LogP contribution < -0.4 is 10.2 Å². The van der Waals surface area contributed by atoms with Gasteiger partial charge in [0.25, 0.3) is 6.01 Å². The van der Waals surface area contributed by atoms with Crippen molar-refractivity contribution in [1.29, 1.82) is 0 Å². The van der Waals surface area contributed by atoms with Gasteiger partial charge in [-0.15, -0.1) is 0 Å². The molecular formula is C19H26ClN3O3. The first-order chi connectivity index (χ1) is 12.4. The summed E-state index contributed by atoms with van der Waals surface area (Å²) in [6, 6.07) is 5.94. The zero-order valence-electron chi connectivity index (χ0n) is 15.5. The predicted octanol–water partition coefficient (Wildman–Crippen LogP) is 3.63. The summed E-state index contributed by atoms with van der Waals surface area (Å²) < 4.78 is 11.3. The number of piperidine rings is 1. The fraction of sp³-hybridized carbons (Fsp3) is 0.579. The third-order valence-electron chi connectivity index (χ3n) is 4.53. The summed E-state index contributed by atoms with van der Waals surface area (Å²) in [5.74, 6) is -0.0400. The summed E-state index contributed by atoms with van der Waals surface area (Å²) in [4.78, 5) is 19.3. The molecule has 1 N–H and O–H groups in total. The Morgan fingerprint density at radius 2 is 2.31 bits per heavy atom. The number of ether oxygens (including phenoxy) is 1. The minimum Gasteiger partial charge on any atom is -0.423 e. The Hall–Kier alpha value is -1.79. The Morgan fingerprint density at radius 1 is 1.50 bits per heavy atom. The number of benzene rings is 1. The van der Waals surface area contributed by atoms with Crippen LogP contribution in [0.15, 0.2) is 22.6 Å². The first-order valence-corrected chi connectivity index (χ1v) is 9.46. The monoisotopic (exact) mass is 379 g/mol. The van der Waals surface area contributed by atoms with Gasteiger partial charge in [-0.2, -0.15) is 4.98 Å². The lowest BCUT2D eigenvalue weighted by atomic mass is 9.95. The van der Waals surface area contributed by atoms with E-state index in [-0.39, 0.29) is 17.4 Å². The van der Waals surface area contributed by atoms with Crippen LogP contribution in [0, 0.1) is 5.92 Å². The number of hydrogen-bond donors (Lipinski definition) is 1. The number of anilines is 1. The number of fused-ring (bicyclic) bond motifs is 1. The Balaban J connectivity index is 1.67. The van der Waals surface area contributed by atoms with Crippen molar-refractivity contribution in [3.8, 4) is 0 Å². The molecular weight excluding hydrogens is 354 g/mol. The lowest BCUT2D eigenvalue weighted by Crippen LogP contribution is -2.52. The molecule has 3 rings (SSSR count). The van der Waals surface area contributed by atoms with E-state index in [1.807, 2.05) is 31.7 Å². The topological polar surface area (TPSA) is 67.6 Å². The summed E-state index contributed by atoms with van der Waals surface area (Å²) in [5.41, 5.74) is 1.05. The molecule has 1 saturated heterocycles. The van der Waals surface area contributed by atoms with E-state index < -0.39 is 0 Å². The quantitative estimate of drug-likeness (QED) is 0.830. The summed E-state index contributed by atoms with van der Waals surface area (Å²) in [7, 11) is 0. The number of amides is 1. The largest absolute Gasteiger partial charge is 0.423 e. The molecule has 1 amide bonds. The average molecular weight is 380 g/mol. The van der Waals surface area contributed by atoms with Crippen LogP contribution in [0.2, 0.25) is 5.02 Å². The second-order valence-electron chi connectivity index (χ2n) is 7.40. The normalized spacial score (nSPS) is 18.3. The van der Waals surface area contributed by atoms with Crippen molar-refractivity contribution in [3.63, 3.8) is 0 Å². The maximum atomic E-state index is 12.7. The molecule has 1 aliphatic heterocycles. The Labute approximate surface area is 158 Å². The lowest BCUT2D eigenvalue weighted by molar-refractivity contribution is -0.127. The second kappa shape index (κ2) is 7.84. The van der Waals surface area contributed by atoms with Crippen LogP contribution in [0.1, 0.15) is 33.6 Å². The number of rotatable bonds is 6. The molecule has 1 unspecified atom stereocenters. The van der Waals surface area contributed by atoms with Gasteiger partial charge in [-0.25, -0.2) is 0 Å². The molecule has 26 heavy (non-hydrogen) atoms. The maximum Gasteiger partial charge on any atom is 0.298 e. The molecule has 142 valence electrons. The third-order valence-corrected chi connectivity index (χ3v) is 4.76. The Bertz CT molecular complexity index is 774. The highest BCUT2D eigenvalue weighted by molar-refractivity contribution is 6.31. The summed E-state index contributed by atoms with van der Waals surface area (Å²) >= 11 is 6.02. The molecule has 1 aliphatic rings. The number of halogens is 1. The third kappa shape index (κ3) is 4.48. The molecule has 1 atom stereocenters. The Kier molecular flexibility index (Phi) is 5.73. The van der Waals surface area contributed by atoms with Gasteiger partial charge in [0, 0.05) is 24.7 Å². The molecule has 1 aromatic heterocycles. The predicted molar refractivity (Wildman–Crippen MR) is 103 cm³/mol. The smallest absolute Gasteiger partial charge is 0.298 e. The minimum atomic E-state index is -0.385. The standard InChI is InChI=1S/C19H26ClN3O3/c1-4-25-12-19(2,3)22-17(24)13-6-5-9-23(11-13)18-21-15-10-14(20)7-8-16(15)26-18/h7-8,10,13H,4-6,9,11-12H2,1-3H3,(H,22,24). The molecule has 7 heteroatoms. The summed E-state index contributed by atoms with van der Waals surface area (Å²) in [6.45, 7) is 8.46. The lowest BCUT2D eigenvalue weighted by Gasteiger charge is -2.33. The molecule has 1 aromatic carbocycles. The van der Waals surface area contributed by atoms with Gasteiger partial charge in [0.05, 0.1) is 18.1 Å². The van der Waals surface area contributed by atoms with Gasteiger partial charge >= 0.3 is 0 Å². The molecule has 0 bridgehead atoms. The van der Waals surface area contributed by atoms with Crippen LogP contribution in [-0.4, -0.2) is 42.7 Å². The Morgan fingerprint density at radius 3 is 3.08 bits per heavy atom. The van der Waals surface area contributed by atoms with Crippen molar-refractivity contribution in [1.82, 2.24) is 10.3 Å². The highest BCUT2D eigenvalue weighted by Gasteiger charge is 2.31. The number of hydrogen-bond acceptors (Lipinski definition) is 5. The average Bonchev–Trinajstić information content (AvgIpc) is 3.03. The van der Waals surface area contributed by atoms with Crippen molar-refractivity contribution < 1.29 is 13.9 Å². The van der Waals surface area contributed by atoms with Gasteiger partial charge in [-0.3, -0.25) is 4.79 Å². The minimum absolute atomic E-state index is 0.0542. The van der Waals surface area contributed by atoms with Crippen molar-refractivity contribution in [2.75, 3.05) is 31.2 Å². The SMILES string of the molecule is CCOCC(C)(C)NC(=O)C1CCCN(c2nc3cc(Cl)ccc3o2)C1. The molecule has 6 nitrogen and oxygen atoms in total. The number of carbonyl (C=O) groups is 1. The van der Waals surface area contributed by atoms with Crippen molar-refractivity contribution in [2.24, 2.45) is 5.92 Å². The molecule has 0 aliphatic carbocycles. The van der Waals surface area contributed by atoms with Gasteiger partial charge in [0.15, 0.2) is 5.58 Å². The zero-order chi connectivity index (χ0) is 18.7. The molecule has 0 radical (unpaired) electrons. The number of nitrogens with one attached hydrogen (secondary N) is 1. The van der Waals surface area contributed by atoms with Gasteiger partial charge in [-0.05, 0) is 51.8 Å². The number of aromatic nitrogens is 1. The summed E-state index contributed by atoms with van der Waals surface area (Å²) in [6.07, 6.45) is 1.78. The molecule has 1 fully saturated rings. The molecule has 0 spiro atoms. The van der Waals surface area contributed by atoms with E-state index in [1.165, 1.54) is 0 Å². The van der Waals surface area contributed by atoms with Crippen molar-refractivity contribution in [2.45, 2.75) is 39.2 Å². The van der Waals surface area contributed by atoms with E-state index in [0.717, 1.165) is 24.9 Å². The van der Waals surface area contributed by atoms with Crippen LogP contribution >= 0.6 is 11.6 Å². The number of oxazole rings is 1. The van der Waals surface area contributed by atoms with E-state index in [0.29, 0.717) is 36.4 Å². The van der Waals surface area contributed by atoms with Crippen LogP contribution in [0.5, 0.6) is 0 Å². The fourth-order valence-electron chi connectivity index (χ4n) is 3.22. The van der Waals surface area contributed by atoms with Gasteiger partial charge < -0.3 is 19.4 Å². The first-order valence-electron chi connectivity index (χ1n) is 9.09. The first kappa shape index (κ1) is 19.0. The summed E-state index contributed by atoms with van der Waals surface area (Å²) in [5, 5.41) is 3.74. The maximum absolute atomic E-state index is 12.7. The number of nitrogens with zero attached hydrogens (tertiary/aromatic N) is 2. The van der Waals surface area contributed by atoms with Crippen LogP contribution in [-0.2, 0) is 9.53 Å². The zero-order valence-corrected chi connectivity index (χ0v) is 16.3. The van der Waals surface area contributed by atoms with Crippen molar-refractivity contribution >= 4 is 34.6 Å². The second-order valence-corrected chi connectivity index (χ2v) is 7.84. The van der Waals surface area contributed by atoms with Crippen LogP contribution in [0.4, 0.5) is 6.01 Å².